The number of carbonyl (C=O) groups excluding carboxylic acids is 2. The number of benzene rings is 1. The standard InChI is InChI=1S/C28H36F2N4O4/c29-24-12-20(14-31)13-25(30)23(24)17-33-9-7-28(8-10-33)18-34(27(36)38-28)16-19-3-5-21(6-4-19)26(35)32-15-22-2-1-11-37-22/h12-13,19,21-22H,1-11,15-18H2,(H,32,35). The van der Waals surface area contributed by atoms with E-state index in [1.807, 2.05) is 4.90 Å². The van der Waals surface area contributed by atoms with Crippen LogP contribution in [0.1, 0.15) is 62.5 Å². The van der Waals surface area contributed by atoms with E-state index >= 15 is 0 Å². The molecule has 8 nitrogen and oxygen atoms in total. The molecule has 38 heavy (non-hydrogen) atoms. The highest BCUT2D eigenvalue weighted by Gasteiger charge is 2.47. The van der Waals surface area contributed by atoms with Gasteiger partial charge in [-0.2, -0.15) is 5.26 Å². The van der Waals surface area contributed by atoms with Crippen molar-refractivity contribution in [3.8, 4) is 6.07 Å². The number of likely N-dealkylation sites (tertiary alicyclic amines) is 1. The SMILES string of the molecule is N#Cc1cc(F)c(CN2CCC3(CC2)CN(CC2CCC(C(=O)NCC4CCCO4)CC2)C(=O)O3)c(F)c1. The van der Waals surface area contributed by atoms with Gasteiger partial charge in [0.2, 0.25) is 5.91 Å². The van der Waals surface area contributed by atoms with Crippen LogP contribution in [0.15, 0.2) is 12.1 Å². The number of carbonyl (C=O) groups is 2. The van der Waals surface area contributed by atoms with Crippen LogP contribution in [0.5, 0.6) is 0 Å². The van der Waals surface area contributed by atoms with Crippen molar-refractivity contribution in [3.05, 3.63) is 34.9 Å². The highest BCUT2D eigenvalue weighted by atomic mass is 19.1. The zero-order chi connectivity index (χ0) is 26.7. The van der Waals surface area contributed by atoms with E-state index in [-0.39, 0.29) is 41.7 Å². The lowest BCUT2D eigenvalue weighted by Crippen LogP contribution is -2.47. The average molecular weight is 531 g/mol. The summed E-state index contributed by atoms with van der Waals surface area (Å²) in [6, 6.07) is 3.89. The molecule has 1 spiro atoms. The summed E-state index contributed by atoms with van der Waals surface area (Å²) in [5.74, 6) is -0.932. The summed E-state index contributed by atoms with van der Waals surface area (Å²) in [7, 11) is 0. The van der Waals surface area contributed by atoms with Crippen LogP contribution in [0.2, 0.25) is 0 Å². The van der Waals surface area contributed by atoms with Gasteiger partial charge in [0.1, 0.15) is 17.2 Å². The van der Waals surface area contributed by atoms with Crippen molar-refractivity contribution in [3.63, 3.8) is 0 Å². The molecule has 1 aromatic rings. The summed E-state index contributed by atoms with van der Waals surface area (Å²) in [5.41, 5.74) is -0.638. The minimum Gasteiger partial charge on any atom is -0.441 e. The maximum atomic E-state index is 14.3. The highest BCUT2D eigenvalue weighted by molar-refractivity contribution is 5.78. The van der Waals surface area contributed by atoms with Crippen molar-refractivity contribution in [2.24, 2.45) is 11.8 Å². The third-order valence-corrected chi connectivity index (χ3v) is 8.68. The second kappa shape index (κ2) is 11.5. The van der Waals surface area contributed by atoms with Gasteiger partial charge < -0.3 is 19.7 Å². The van der Waals surface area contributed by atoms with E-state index in [0.717, 1.165) is 57.3 Å². The molecule has 1 aliphatic carbocycles. The van der Waals surface area contributed by atoms with Gasteiger partial charge in [-0.3, -0.25) is 9.69 Å². The average Bonchev–Trinajstić information content (AvgIpc) is 3.54. The molecule has 206 valence electrons. The highest BCUT2D eigenvalue weighted by Crippen LogP contribution is 2.36. The molecular weight excluding hydrogens is 494 g/mol. The Labute approximate surface area is 222 Å². The zero-order valence-corrected chi connectivity index (χ0v) is 21.7. The zero-order valence-electron chi connectivity index (χ0n) is 21.7. The fourth-order valence-corrected chi connectivity index (χ4v) is 6.34. The lowest BCUT2D eigenvalue weighted by Gasteiger charge is -2.37. The first kappa shape index (κ1) is 26.8. The minimum absolute atomic E-state index is 0.0274. The number of hydrogen-bond acceptors (Lipinski definition) is 6. The third kappa shape index (κ3) is 6.10. The van der Waals surface area contributed by atoms with E-state index in [9.17, 15) is 18.4 Å². The van der Waals surface area contributed by atoms with Crippen LogP contribution in [0, 0.1) is 34.8 Å². The lowest BCUT2D eigenvalue weighted by molar-refractivity contribution is -0.126. The molecule has 4 fully saturated rings. The second-order valence-electron chi connectivity index (χ2n) is 11.3. The Bertz CT molecular complexity index is 1050. The molecule has 1 atom stereocenters. The maximum absolute atomic E-state index is 14.3. The van der Waals surface area contributed by atoms with Gasteiger partial charge >= 0.3 is 6.09 Å². The van der Waals surface area contributed by atoms with Gasteiger partial charge in [0, 0.05) is 63.7 Å². The summed E-state index contributed by atoms with van der Waals surface area (Å²) in [4.78, 5) is 29.0. The number of hydrogen-bond donors (Lipinski definition) is 1. The van der Waals surface area contributed by atoms with Crippen molar-refractivity contribution < 1.29 is 27.8 Å². The van der Waals surface area contributed by atoms with E-state index in [2.05, 4.69) is 5.32 Å². The molecule has 0 radical (unpaired) electrons. The summed E-state index contributed by atoms with van der Waals surface area (Å²) in [6.45, 7) is 3.77. The number of rotatable bonds is 7. The van der Waals surface area contributed by atoms with Crippen molar-refractivity contribution in [2.75, 3.05) is 39.3 Å². The first-order valence-corrected chi connectivity index (χ1v) is 13.8. The van der Waals surface area contributed by atoms with Crippen LogP contribution in [0.3, 0.4) is 0 Å². The number of nitriles is 1. The third-order valence-electron chi connectivity index (χ3n) is 8.68. The normalized spacial score (nSPS) is 27.3. The molecule has 0 bridgehead atoms. The molecule has 10 heteroatoms. The summed E-state index contributed by atoms with van der Waals surface area (Å²) < 4.78 is 40.1. The number of halogens is 2. The number of piperidine rings is 1. The quantitative estimate of drug-likeness (QED) is 0.578. The van der Waals surface area contributed by atoms with Crippen LogP contribution in [-0.4, -0.2) is 72.8 Å². The molecule has 1 aromatic carbocycles. The maximum Gasteiger partial charge on any atom is 0.410 e. The molecule has 1 saturated carbocycles. The van der Waals surface area contributed by atoms with E-state index in [1.54, 1.807) is 11.0 Å². The Hall–Kier alpha value is -2.77. The molecule has 4 aliphatic rings. The molecule has 3 heterocycles. The van der Waals surface area contributed by atoms with Crippen molar-refractivity contribution in [1.82, 2.24) is 15.1 Å². The van der Waals surface area contributed by atoms with E-state index in [1.165, 1.54) is 0 Å². The number of nitrogens with one attached hydrogen (secondary N) is 1. The molecule has 0 aromatic heterocycles. The van der Waals surface area contributed by atoms with Gasteiger partial charge in [-0.15, -0.1) is 0 Å². The Kier molecular flexibility index (Phi) is 8.15. The van der Waals surface area contributed by atoms with E-state index in [4.69, 9.17) is 14.7 Å². The second-order valence-corrected chi connectivity index (χ2v) is 11.3. The summed E-state index contributed by atoms with van der Waals surface area (Å²) in [6.07, 6.45) is 6.59. The Morgan fingerprint density at radius 3 is 2.47 bits per heavy atom. The Morgan fingerprint density at radius 1 is 1.13 bits per heavy atom. The number of nitrogens with zero attached hydrogens (tertiary/aromatic N) is 3. The van der Waals surface area contributed by atoms with E-state index in [0.29, 0.717) is 51.5 Å². The monoisotopic (exact) mass is 530 g/mol. The predicted octanol–water partition coefficient (Wildman–Crippen LogP) is 3.72. The number of ether oxygens (including phenoxy) is 2. The smallest absolute Gasteiger partial charge is 0.410 e. The summed E-state index contributed by atoms with van der Waals surface area (Å²) in [5, 5.41) is 11.9. The van der Waals surface area contributed by atoms with Crippen molar-refractivity contribution in [2.45, 2.75) is 69.6 Å². The van der Waals surface area contributed by atoms with Gasteiger partial charge in [-0.05, 0) is 56.6 Å². The fourth-order valence-electron chi connectivity index (χ4n) is 6.34. The van der Waals surface area contributed by atoms with Gasteiger partial charge in [-0.1, -0.05) is 0 Å². The first-order chi connectivity index (χ1) is 18.3. The largest absolute Gasteiger partial charge is 0.441 e. The van der Waals surface area contributed by atoms with Gasteiger partial charge in [0.15, 0.2) is 0 Å². The van der Waals surface area contributed by atoms with Gasteiger partial charge in [0.05, 0.1) is 24.3 Å². The fraction of sp³-hybridized carbons (Fsp3) is 0.679. The topological polar surface area (TPSA) is 94.9 Å². The summed E-state index contributed by atoms with van der Waals surface area (Å²) >= 11 is 0. The van der Waals surface area contributed by atoms with Crippen LogP contribution in [0.25, 0.3) is 0 Å². The van der Waals surface area contributed by atoms with Crippen molar-refractivity contribution in [1.29, 1.82) is 5.26 Å². The number of amides is 2. The van der Waals surface area contributed by atoms with Crippen LogP contribution in [-0.2, 0) is 20.8 Å². The Morgan fingerprint density at radius 2 is 1.84 bits per heavy atom. The van der Waals surface area contributed by atoms with Gasteiger partial charge in [0.25, 0.3) is 0 Å². The van der Waals surface area contributed by atoms with Crippen LogP contribution < -0.4 is 5.32 Å². The molecule has 1 N–H and O–H groups in total. The Balaban J connectivity index is 1.06. The van der Waals surface area contributed by atoms with Crippen LogP contribution in [0.4, 0.5) is 13.6 Å². The van der Waals surface area contributed by atoms with Crippen molar-refractivity contribution >= 4 is 12.0 Å². The molecule has 1 unspecified atom stereocenters. The molecule has 2 amide bonds. The minimum atomic E-state index is -0.713. The lowest BCUT2D eigenvalue weighted by atomic mass is 9.81. The molecule has 3 saturated heterocycles. The van der Waals surface area contributed by atoms with Crippen LogP contribution >= 0.6 is 0 Å². The molecule has 5 rings (SSSR count). The predicted molar refractivity (Wildman–Crippen MR) is 134 cm³/mol. The van der Waals surface area contributed by atoms with E-state index < -0.39 is 17.2 Å². The molecular formula is C28H36F2N4O4. The van der Waals surface area contributed by atoms with Gasteiger partial charge in [-0.25, -0.2) is 13.6 Å². The molecule has 3 aliphatic heterocycles. The first-order valence-electron chi connectivity index (χ1n) is 13.8.